The fraction of sp³-hybridized carbons (Fsp3) is 0.0909. The van der Waals surface area contributed by atoms with Crippen LogP contribution in [0.2, 0.25) is 10.0 Å². The molecule has 3 rings (SSSR count). The average Bonchev–Trinajstić information content (AvgIpc) is 2.74. The van der Waals surface area contributed by atoms with Gasteiger partial charge < -0.3 is 0 Å². The highest BCUT2D eigenvalue weighted by Crippen LogP contribution is 2.30. The number of hydrazone groups is 1. The second-order valence-corrected chi connectivity index (χ2v) is 9.33. The Balaban J connectivity index is 1.85. The molecule has 0 aliphatic heterocycles. The zero-order chi connectivity index (χ0) is 22.4. The van der Waals surface area contributed by atoms with Gasteiger partial charge in [0.1, 0.15) is 6.54 Å². The summed E-state index contributed by atoms with van der Waals surface area (Å²) in [5.74, 6) is -0.624. The number of rotatable bonds is 7. The first-order chi connectivity index (χ1) is 14.8. The van der Waals surface area contributed by atoms with Gasteiger partial charge in [-0.3, -0.25) is 9.10 Å². The van der Waals surface area contributed by atoms with Crippen molar-refractivity contribution >= 4 is 51.0 Å². The number of para-hydroxylation sites is 1. The first-order valence-electron chi connectivity index (χ1n) is 9.19. The Labute approximate surface area is 191 Å². The van der Waals surface area contributed by atoms with Crippen molar-refractivity contribution in [3.63, 3.8) is 0 Å². The van der Waals surface area contributed by atoms with Crippen molar-refractivity contribution in [2.24, 2.45) is 5.10 Å². The monoisotopic (exact) mass is 475 g/mol. The second kappa shape index (κ2) is 9.96. The van der Waals surface area contributed by atoms with Crippen LogP contribution < -0.4 is 9.73 Å². The molecule has 0 aliphatic rings. The average molecular weight is 476 g/mol. The van der Waals surface area contributed by atoms with Gasteiger partial charge in [-0.25, -0.2) is 13.8 Å². The van der Waals surface area contributed by atoms with Crippen molar-refractivity contribution in [2.45, 2.75) is 11.8 Å². The van der Waals surface area contributed by atoms with Gasteiger partial charge in [0.05, 0.1) is 21.8 Å². The normalized spacial score (nSPS) is 11.5. The van der Waals surface area contributed by atoms with Crippen LogP contribution in [-0.4, -0.2) is 27.1 Å². The van der Waals surface area contributed by atoms with E-state index in [1.165, 1.54) is 18.3 Å². The van der Waals surface area contributed by atoms with E-state index in [9.17, 15) is 13.2 Å². The molecule has 0 saturated carbocycles. The third-order valence-corrected chi connectivity index (χ3v) is 6.64. The second-order valence-electron chi connectivity index (χ2n) is 6.62. The van der Waals surface area contributed by atoms with E-state index in [4.69, 9.17) is 23.2 Å². The van der Waals surface area contributed by atoms with E-state index < -0.39 is 22.5 Å². The maximum absolute atomic E-state index is 13.3. The molecular weight excluding hydrogens is 457 g/mol. The van der Waals surface area contributed by atoms with E-state index in [1.54, 1.807) is 60.7 Å². The molecule has 1 N–H and O–H groups in total. The Kier molecular flexibility index (Phi) is 7.33. The lowest BCUT2D eigenvalue weighted by Gasteiger charge is -2.24. The van der Waals surface area contributed by atoms with Gasteiger partial charge in [0.2, 0.25) is 0 Å². The zero-order valence-electron chi connectivity index (χ0n) is 16.5. The van der Waals surface area contributed by atoms with Gasteiger partial charge in [0, 0.05) is 5.02 Å². The summed E-state index contributed by atoms with van der Waals surface area (Å²) in [7, 11) is -4.05. The molecule has 0 bridgehead atoms. The van der Waals surface area contributed by atoms with Crippen molar-refractivity contribution in [1.29, 1.82) is 0 Å². The molecule has 0 saturated heterocycles. The van der Waals surface area contributed by atoms with Crippen LogP contribution in [-0.2, 0) is 14.8 Å². The van der Waals surface area contributed by atoms with Crippen molar-refractivity contribution < 1.29 is 13.2 Å². The molecule has 9 heteroatoms. The first kappa shape index (κ1) is 22.8. The van der Waals surface area contributed by atoms with Crippen molar-refractivity contribution in [1.82, 2.24) is 5.43 Å². The third-order valence-electron chi connectivity index (χ3n) is 4.29. The predicted octanol–water partition coefficient (Wildman–Crippen LogP) is 4.65. The lowest BCUT2D eigenvalue weighted by atomic mass is 10.2. The van der Waals surface area contributed by atoms with Gasteiger partial charge >= 0.3 is 0 Å². The van der Waals surface area contributed by atoms with Crippen LogP contribution in [0, 0.1) is 6.92 Å². The van der Waals surface area contributed by atoms with E-state index >= 15 is 0 Å². The van der Waals surface area contributed by atoms with Crippen LogP contribution in [0.3, 0.4) is 0 Å². The van der Waals surface area contributed by atoms with Gasteiger partial charge in [-0.2, -0.15) is 5.10 Å². The fourth-order valence-electron chi connectivity index (χ4n) is 2.68. The van der Waals surface area contributed by atoms with Crippen LogP contribution in [0.1, 0.15) is 11.1 Å². The Morgan fingerprint density at radius 3 is 2.29 bits per heavy atom. The smallest absolute Gasteiger partial charge is 0.264 e. The molecule has 0 aromatic heterocycles. The van der Waals surface area contributed by atoms with Crippen LogP contribution in [0.5, 0.6) is 0 Å². The minimum absolute atomic E-state index is 0.0514. The molecule has 0 aliphatic carbocycles. The largest absolute Gasteiger partial charge is 0.271 e. The maximum Gasteiger partial charge on any atom is 0.264 e. The summed E-state index contributed by atoms with van der Waals surface area (Å²) in [5, 5.41) is 4.67. The number of nitrogens with one attached hydrogen (secondary N) is 1. The van der Waals surface area contributed by atoms with Crippen molar-refractivity contribution in [3.8, 4) is 0 Å². The van der Waals surface area contributed by atoms with Crippen LogP contribution in [0.4, 0.5) is 5.69 Å². The van der Waals surface area contributed by atoms with E-state index in [1.807, 2.05) is 6.92 Å². The number of aryl methyl sites for hydroxylation is 1. The maximum atomic E-state index is 13.3. The van der Waals surface area contributed by atoms with Crippen molar-refractivity contribution in [2.75, 3.05) is 10.8 Å². The lowest BCUT2D eigenvalue weighted by Crippen LogP contribution is -2.39. The Bertz CT molecular complexity index is 1200. The third kappa shape index (κ3) is 5.85. The van der Waals surface area contributed by atoms with E-state index in [0.29, 0.717) is 5.02 Å². The fourth-order valence-corrected chi connectivity index (χ4v) is 4.54. The minimum atomic E-state index is -4.05. The van der Waals surface area contributed by atoms with Gasteiger partial charge in [-0.15, -0.1) is 0 Å². The standard InChI is InChI=1S/C22H19Cl2N3O3S/c1-16-6-12-19(13-7-16)31(29,30)27(21-5-3-2-4-20(21)24)15-22(28)26-25-14-17-8-10-18(23)11-9-17/h2-14H,15H2,1H3,(H,26,28)/b25-14-. The molecule has 31 heavy (non-hydrogen) atoms. The summed E-state index contributed by atoms with van der Waals surface area (Å²) in [5.41, 5.74) is 4.18. The highest BCUT2D eigenvalue weighted by Gasteiger charge is 2.28. The lowest BCUT2D eigenvalue weighted by molar-refractivity contribution is -0.119. The molecule has 3 aromatic rings. The number of amides is 1. The predicted molar refractivity (Wildman–Crippen MR) is 124 cm³/mol. The number of sulfonamides is 1. The summed E-state index contributed by atoms with van der Waals surface area (Å²) in [6, 6.07) is 19.6. The summed E-state index contributed by atoms with van der Waals surface area (Å²) in [4.78, 5) is 12.6. The molecule has 6 nitrogen and oxygen atoms in total. The van der Waals surface area contributed by atoms with Crippen molar-refractivity contribution in [3.05, 3.63) is 94.0 Å². The number of anilines is 1. The summed E-state index contributed by atoms with van der Waals surface area (Å²) in [6.07, 6.45) is 1.43. The van der Waals surface area contributed by atoms with E-state index in [-0.39, 0.29) is 15.6 Å². The molecule has 0 fully saturated rings. The van der Waals surface area contributed by atoms with Crippen LogP contribution in [0.15, 0.2) is 82.8 Å². The Morgan fingerprint density at radius 2 is 1.65 bits per heavy atom. The summed E-state index contributed by atoms with van der Waals surface area (Å²) < 4.78 is 27.6. The zero-order valence-corrected chi connectivity index (χ0v) is 18.8. The number of carbonyl (C=O) groups excluding carboxylic acids is 1. The number of hydrogen-bond donors (Lipinski definition) is 1. The Morgan fingerprint density at radius 1 is 1.00 bits per heavy atom. The van der Waals surface area contributed by atoms with Gasteiger partial charge in [0.15, 0.2) is 0 Å². The number of halogens is 2. The molecule has 0 atom stereocenters. The quantitative estimate of drug-likeness (QED) is 0.399. The number of benzene rings is 3. The molecular formula is C22H19Cl2N3O3S. The number of nitrogens with zero attached hydrogens (tertiary/aromatic N) is 2. The van der Waals surface area contributed by atoms with Crippen LogP contribution >= 0.6 is 23.2 Å². The number of hydrogen-bond acceptors (Lipinski definition) is 4. The molecule has 0 spiro atoms. The first-order valence-corrected chi connectivity index (χ1v) is 11.4. The molecule has 160 valence electrons. The molecule has 0 heterocycles. The number of carbonyl (C=O) groups is 1. The molecule has 3 aromatic carbocycles. The molecule has 0 radical (unpaired) electrons. The van der Waals surface area contributed by atoms with E-state index in [0.717, 1.165) is 15.4 Å². The summed E-state index contributed by atoms with van der Waals surface area (Å²) in [6.45, 7) is 1.35. The highest BCUT2D eigenvalue weighted by atomic mass is 35.5. The highest BCUT2D eigenvalue weighted by molar-refractivity contribution is 7.92. The molecule has 1 amide bonds. The van der Waals surface area contributed by atoms with Gasteiger partial charge in [0.25, 0.3) is 15.9 Å². The summed E-state index contributed by atoms with van der Waals surface area (Å²) >= 11 is 12.1. The van der Waals surface area contributed by atoms with Crippen LogP contribution in [0.25, 0.3) is 0 Å². The SMILES string of the molecule is Cc1ccc(S(=O)(=O)N(CC(=O)N/N=C\c2ccc(Cl)cc2)c2ccccc2Cl)cc1. The Hall–Kier alpha value is -2.87. The minimum Gasteiger partial charge on any atom is -0.271 e. The van der Waals surface area contributed by atoms with E-state index in [2.05, 4.69) is 10.5 Å². The topological polar surface area (TPSA) is 78.8 Å². The van der Waals surface area contributed by atoms with Gasteiger partial charge in [-0.1, -0.05) is 65.2 Å². The van der Waals surface area contributed by atoms with Gasteiger partial charge in [-0.05, 0) is 48.9 Å². The molecule has 0 unspecified atom stereocenters.